The standard InChI is InChI=1S/C21H21N2O/c1-13(2)15-9-10-17(23(4)12-15)19-14(3)11-22-21-20(19)16-7-5-6-8-18(16)24-21/h5-13H,1-4H3/q+1/i1D3,13D. The quantitative estimate of drug-likeness (QED) is 0.491. The maximum atomic E-state index is 8.35. The molecular weight excluding hydrogens is 296 g/mol. The van der Waals surface area contributed by atoms with Crippen LogP contribution in [-0.2, 0) is 7.05 Å². The Balaban J connectivity index is 1.98. The Bertz CT molecular complexity index is 1210. The summed E-state index contributed by atoms with van der Waals surface area (Å²) in [6.07, 6.45) is 3.51. The molecule has 0 bridgehead atoms. The molecule has 0 aliphatic carbocycles. The van der Waals surface area contributed by atoms with Crippen molar-refractivity contribution in [2.24, 2.45) is 7.05 Å². The van der Waals surface area contributed by atoms with Crippen molar-refractivity contribution in [3.63, 3.8) is 0 Å². The predicted molar refractivity (Wildman–Crippen MR) is 97.0 cm³/mol. The van der Waals surface area contributed by atoms with Crippen LogP contribution in [0.5, 0.6) is 0 Å². The average Bonchev–Trinajstić information content (AvgIpc) is 3.00. The van der Waals surface area contributed by atoms with Crippen molar-refractivity contribution in [1.29, 1.82) is 0 Å². The minimum Gasteiger partial charge on any atom is -0.438 e. The highest BCUT2D eigenvalue weighted by Crippen LogP contribution is 2.36. The first-order chi connectivity index (χ1) is 13.1. The summed E-state index contributed by atoms with van der Waals surface area (Å²) < 4.78 is 39.2. The molecule has 3 aromatic heterocycles. The lowest BCUT2D eigenvalue weighted by Gasteiger charge is -2.08. The van der Waals surface area contributed by atoms with Crippen LogP contribution < -0.4 is 4.57 Å². The van der Waals surface area contributed by atoms with Gasteiger partial charge in [-0.3, -0.25) is 0 Å². The summed E-state index contributed by atoms with van der Waals surface area (Å²) in [6.45, 7) is 1.01. The van der Waals surface area contributed by atoms with Crippen molar-refractivity contribution in [1.82, 2.24) is 4.98 Å². The zero-order valence-electron chi connectivity index (χ0n) is 17.9. The van der Waals surface area contributed by atoms with Gasteiger partial charge in [0.2, 0.25) is 11.4 Å². The van der Waals surface area contributed by atoms with Crippen LogP contribution in [0.4, 0.5) is 0 Å². The second-order valence-electron chi connectivity index (χ2n) is 6.13. The van der Waals surface area contributed by atoms with Crippen molar-refractivity contribution in [3.8, 4) is 11.3 Å². The highest BCUT2D eigenvalue weighted by molar-refractivity contribution is 6.11. The third-order valence-electron chi connectivity index (χ3n) is 4.42. The average molecular weight is 321 g/mol. The van der Waals surface area contributed by atoms with Crippen LogP contribution in [0.1, 0.15) is 36.3 Å². The van der Waals surface area contributed by atoms with E-state index in [9.17, 15) is 0 Å². The van der Waals surface area contributed by atoms with Gasteiger partial charge >= 0.3 is 0 Å². The van der Waals surface area contributed by atoms with Gasteiger partial charge in [-0.25, -0.2) is 9.55 Å². The van der Waals surface area contributed by atoms with Crippen molar-refractivity contribution >= 4 is 22.1 Å². The van der Waals surface area contributed by atoms with Gasteiger partial charge in [-0.15, -0.1) is 0 Å². The maximum Gasteiger partial charge on any atom is 0.228 e. The molecule has 3 nitrogen and oxygen atoms in total. The van der Waals surface area contributed by atoms with Crippen LogP contribution in [0.15, 0.2) is 53.2 Å². The minimum absolute atomic E-state index is 0.443. The van der Waals surface area contributed by atoms with Crippen LogP contribution in [0.3, 0.4) is 0 Å². The molecule has 0 saturated heterocycles. The Morgan fingerprint density at radius 3 is 2.88 bits per heavy atom. The van der Waals surface area contributed by atoms with E-state index < -0.39 is 12.7 Å². The van der Waals surface area contributed by atoms with Gasteiger partial charge in [0.15, 0.2) is 6.20 Å². The van der Waals surface area contributed by atoms with Gasteiger partial charge in [-0.05, 0) is 30.5 Å². The van der Waals surface area contributed by atoms with Crippen molar-refractivity contribution in [2.75, 3.05) is 0 Å². The van der Waals surface area contributed by atoms with Gasteiger partial charge in [0.05, 0.1) is 10.9 Å². The Kier molecular flexibility index (Phi) is 2.49. The predicted octanol–water partition coefficient (Wildman–Crippen LogP) is 4.90. The van der Waals surface area contributed by atoms with E-state index in [-0.39, 0.29) is 0 Å². The first-order valence-electron chi connectivity index (χ1n) is 9.88. The minimum atomic E-state index is -2.41. The summed E-state index contributed by atoms with van der Waals surface area (Å²) in [6, 6.07) is 11.4. The summed E-state index contributed by atoms with van der Waals surface area (Å²) >= 11 is 0. The molecular formula is C21H21N2O+. The van der Waals surface area contributed by atoms with E-state index in [0.29, 0.717) is 11.3 Å². The zero-order chi connectivity index (χ0) is 20.3. The number of benzene rings is 1. The Labute approximate surface area is 147 Å². The number of hydrogen-bond donors (Lipinski definition) is 0. The normalized spacial score (nSPS) is 17.1. The highest BCUT2D eigenvalue weighted by Gasteiger charge is 2.21. The Morgan fingerprint density at radius 1 is 1.25 bits per heavy atom. The maximum absolute atomic E-state index is 8.35. The number of nitrogens with zero attached hydrogens (tertiary/aromatic N) is 2. The summed E-state index contributed by atoms with van der Waals surface area (Å²) in [5, 5.41) is 1.92. The van der Waals surface area contributed by atoms with Gasteiger partial charge < -0.3 is 4.42 Å². The van der Waals surface area contributed by atoms with Gasteiger partial charge in [0, 0.05) is 28.7 Å². The number of furan rings is 1. The largest absolute Gasteiger partial charge is 0.438 e. The third-order valence-corrected chi connectivity index (χ3v) is 4.42. The molecule has 3 heteroatoms. The van der Waals surface area contributed by atoms with Crippen molar-refractivity contribution < 1.29 is 14.5 Å². The van der Waals surface area contributed by atoms with Crippen LogP contribution >= 0.6 is 0 Å². The molecule has 0 radical (unpaired) electrons. The molecule has 0 spiro atoms. The molecule has 0 aliphatic rings. The molecule has 4 aromatic rings. The molecule has 0 aliphatic heterocycles. The number of fused-ring (bicyclic) bond motifs is 3. The molecule has 120 valence electrons. The molecule has 0 amide bonds. The molecule has 24 heavy (non-hydrogen) atoms. The fourth-order valence-electron chi connectivity index (χ4n) is 3.20. The van der Waals surface area contributed by atoms with E-state index in [4.69, 9.17) is 9.90 Å². The summed E-state index contributed by atoms with van der Waals surface area (Å²) in [4.78, 5) is 4.44. The number of hydrogen-bond acceptors (Lipinski definition) is 2. The van der Waals surface area contributed by atoms with Crippen LogP contribution in [0, 0.1) is 6.92 Å². The zero-order valence-corrected chi connectivity index (χ0v) is 13.9. The molecule has 0 fully saturated rings. The highest BCUT2D eigenvalue weighted by atomic mass is 16.3. The lowest BCUT2D eigenvalue weighted by Crippen LogP contribution is -2.31. The molecule has 0 saturated carbocycles. The Hall–Kier alpha value is -2.68. The summed E-state index contributed by atoms with van der Waals surface area (Å²) in [5.74, 6) is -1.69. The molecule has 1 aromatic carbocycles. The van der Waals surface area contributed by atoms with Gasteiger partial charge in [-0.2, -0.15) is 0 Å². The van der Waals surface area contributed by atoms with E-state index >= 15 is 0 Å². The smallest absolute Gasteiger partial charge is 0.228 e. The first kappa shape index (κ1) is 11.0. The topological polar surface area (TPSA) is 29.9 Å². The van der Waals surface area contributed by atoms with Gasteiger partial charge in [-0.1, -0.05) is 32.0 Å². The lowest BCUT2D eigenvalue weighted by molar-refractivity contribution is -0.660. The van der Waals surface area contributed by atoms with E-state index in [1.165, 1.54) is 6.92 Å². The second kappa shape index (κ2) is 5.45. The molecule has 4 rings (SSSR count). The Morgan fingerprint density at radius 2 is 2.08 bits per heavy atom. The molecule has 0 N–H and O–H groups in total. The number of rotatable bonds is 2. The summed E-state index contributed by atoms with van der Waals surface area (Å²) in [7, 11) is 1.86. The number of aromatic nitrogens is 2. The summed E-state index contributed by atoms with van der Waals surface area (Å²) in [5.41, 5.74) is 4.67. The lowest BCUT2D eigenvalue weighted by atomic mass is 9.99. The van der Waals surface area contributed by atoms with Crippen molar-refractivity contribution in [2.45, 2.75) is 26.6 Å². The number of para-hydroxylation sites is 1. The third kappa shape index (κ3) is 2.20. The first-order valence-corrected chi connectivity index (χ1v) is 7.88. The van der Waals surface area contributed by atoms with Gasteiger partial charge in [0.1, 0.15) is 12.6 Å². The van der Waals surface area contributed by atoms with E-state index in [1.807, 2.05) is 48.9 Å². The SMILES string of the molecule is [2H]C([2H])([2H])C([2H])(C)c1ccc(-c2c(C)cnc3oc4ccccc4c23)[n+](C)c1. The van der Waals surface area contributed by atoms with E-state index in [0.717, 1.165) is 33.2 Å². The second-order valence-corrected chi connectivity index (χ2v) is 6.13. The monoisotopic (exact) mass is 321 g/mol. The van der Waals surface area contributed by atoms with Crippen molar-refractivity contribution in [3.05, 3.63) is 59.9 Å². The van der Waals surface area contributed by atoms with E-state index in [1.54, 1.807) is 18.5 Å². The van der Waals surface area contributed by atoms with E-state index in [2.05, 4.69) is 4.98 Å². The molecule has 1 atom stereocenters. The van der Waals surface area contributed by atoms with Crippen LogP contribution in [-0.4, -0.2) is 4.98 Å². The van der Waals surface area contributed by atoms with Crippen LogP contribution in [0.2, 0.25) is 0 Å². The molecule has 1 unspecified atom stereocenters. The molecule has 3 heterocycles. The fraction of sp³-hybridized carbons (Fsp3) is 0.238. The van der Waals surface area contributed by atoms with Gasteiger partial charge in [0.25, 0.3) is 0 Å². The number of aryl methyl sites for hydroxylation is 2. The number of pyridine rings is 2. The van der Waals surface area contributed by atoms with Crippen LogP contribution in [0.25, 0.3) is 33.3 Å². The fourth-order valence-corrected chi connectivity index (χ4v) is 3.20.